The van der Waals surface area contributed by atoms with E-state index < -0.39 is 18.0 Å². The van der Waals surface area contributed by atoms with Crippen LogP contribution in [0, 0.1) is 16.0 Å². The summed E-state index contributed by atoms with van der Waals surface area (Å²) in [6, 6.07) is 17.7. The zero-order valence-corrected chi connectivity index (χ0v) is 13.3. The summed E-state index contributed by atoms with van der Waals surface area (Å²) in [7, 11) is 0. The third-order valence-electron chi connectivity index (χ3n) is 4.51. The standard InChI is InChI=1S/C19H16N2O4/c22-19(14-11-15(14)21(23)24)20-18(12-6-2-1-3-7-12)17-10-13-8-4-5-9-16(13)25-17/h1-10,14-15,18H,11H2,(H,20,22)/t14-,15-,18-/m1/s1. The van der Waals surface area contributed by atoms with Crippen molar-refractivity contribution in [3.63, 3.8) is 0 Å². The fraction of sp³-hybridized carbons (Fsp3) is 0.211. The maximum absolute atomic E-state index is 12.4. The number of nitrogens with one attached hydrogen (secondary N) is 1. The van der Waals surface area contributed by atoms with Gasteiger partial charge in [0.1, 0.15) is 23.3 Å². The lowest BCUT2D eigenvalue weighted by Gasteiger charge is -2.17. The largest absolute Gasteiger partial charge is 0.459 e. The van der Waals surface area contributed by atoms with E-state index in [1.807, 2.05) is 60.7 Å². The lowest BCUT2D eigenvalue weighted by molar-refractivity contribution is -0.497. The van der Waals surface area contributed by atoms with Crippen molar-refractivity contribution in [2.24, 2.45) is 5.92 Å². The molecule has 0 bridgehead atoms. The average molecular weight is 336 g/mol. The van der Waals surface area contributed by atoms with Gasteiger partial charge in [0.15, 0.2) is 0 Å². The molecule has 0 radical (unpaired) electrons. The second-order valence-corrected chi connectivity index (χ2v) is 6.23. The molecule has 1 aliphatic rings. The Bertz CT molecular complexity index is 902. The Labute approximate surface area is 143 Å². The first kappa shape index (κ1) is 15.4. The summed E-state index contributed by atoms with van der Waals surface area (Å²) in [5, 5.41) is 14.7. The van der Waals surface area contributed by atoms with E-state index in [4.69, 9.17) is 4.42 Å². The highest BCUT2D eigenvalue weighted by Gasteiger charge is 2.53. The van der Waals surface area contributed by atoms with Crippen LogP contribution in [0.15, 0.2) is 65.1 Å². The Kier molecular flexibility index (Phi) is 3.72. The van der Waals surface area contributed by atoms with Crippen LogP contribution in [0.2, 0.25) is 0 Å². The molecule has 1 aromatic heterocycles. The predicted molar refractivity (Wildman–Crippen MR) is 91.5 cm³/mol. The summed E-state index contributed by atoms with van der Waals surface area (Å²) in [5.41, 5.74) is 1.61. The highest BCUT2D eigenvalue weighted by molar-refractivity contribution is 5.83. The van der Waals surface area contributed by atoms with Crippen LogP contribution in [0.5, 0.6) is 0 Å². The molecule has 1 fully saturated rings. The van der Waals surface area contributed by atoms with Crippen LogP contribution in [-0.2, 0) is 4.79 Å². The van der Waals surface area contributed by atoms with Crippen LogP contribution >= 0.6 is 0 Å². The molecule has 0 aliphatic heterocycles. The van der Waals surface area contributed by atoms with Crippen molar-refractivity contribution < 1.29 is 14.1 Å². The van der Waals surface area contributed by atoms with Crippen molar-refractivity contribution >= 4 is 16.9 Å². The molecule has 126 valence electrons. The maximum Gasteiger partial charge on any atom is 0.231 e. The lowest BCUT2D eigenvalue weighted by Crippen LogP contribution is -2.31. The van der Waals surface area contributed by atoms with Crippen LogP contribution in [-0.4, -0.2) is 16.9 Å². The normalized spacial score (nSPS) is 20.2. The Balaban J connectivity index is 1.65. The van der Waals surface area contributed by atoms with E-state index in [0.717, 1.165) is 16.5 Å². The Morgan fingerprint density at radius 1 is 1.16 bits per heavy atom. The maximum atomic E-state index is 12.4. The summed E-state index contributed by atoms with van der Waals surface area (Å²) in [6.45, 7) is 0. The molecule has 0 spiro atoms. The minimum absolute atomic E-state index is 0.292. The molecule has 3 atom stereocenters. The van der Waals surface area contributed by atoms with Crippen molar-refractivity contribution in [3.8, 4) is 0 Å². The van der Waals surface area contributed by atoms with Gasteiger partial charge in [-0.25, -0.2) is 0 Å². The van der Waals surface area contributed by atoms with Crippen LogP contribution in [0.1, 0.15) is 23.8 Å². The number of carbonyl (C=O) groups excluding carboxylic acids is 1. The molecule has 1 saturated carbocycles. The number of hydrogen-bond acceptors (Lipinski definition) is 4. The average Bonchev–Trinajstić information content (AvgIpc) is 3.33. The number of hydrogen-bond donors (Lipinski definition) is 1. The monoisotopic (exact) mass is 336 g/mol. The van der Waals surface area contributed by atoms with E-state index >= 15 is 0 Å². The SMILES string of the molecule is O=C(N[C@H](c1ccccc1)c1cc2ccccc2o1)[C@@H]1C[C@H]1[N+](=O)[O-]. The van der Waals surface area contributed by atoms with Crippen molar-refractivity contribution in [1.29, 1.82) is 0 Å². The van der Waals surface area contributed by atoms with Crippen molar-refractivity contribution in [3.05, 3.63) is 82.1 Å². The van der Waals surface area contributed by atoms with Gasteiger partial charge in [-0.3, -0.25) is 14.9 Å². The Hall–Kier alpha value is -3.15. The second-order valence-electron chi connectivity index (χ2n) is 6.23. The number of furan rings is 1. The van der Waals surface area contributed by atoms with Crippen LogP contribution in [0.25, 0.3) is 11.0 Å². The van der Waals surface area contributed by atoms with E-state index in [9.17, 15) is 14.9 Å². The van der Waals surface area contributed by atoms with E-state index in [-0.39, 0.29) is 10.8 Å². The number of amides is 1. The van der Waals surface area contributed by atoms with E-state index in [2.05, 4.69) is 5.32 Å². The number of fused-ring (bicyclic) bond motifs is 1. The Morgan fingerprint density at radius 3 is 2.56 bits per heavy atom. The van der Waals surface area contributed by atoms with E-state index in [1.165, 1.54) is 0 Å². The molecule has 1 amide bonds. The molecular weight excluding hydrogens is 320 g/mol. The lowest BCUT2D eigenvalue weighted by atomic mass is 10.0. The molecule has 2 aromatic carbocycles. The van der Waals surface area contributed by atoms with Crippen LogP contribution in [0.4, 0.5) is 0 Å². The number of rotatable bonds is 5. The van der Waals surface area contributed by atoms with Crippen LogP contribution < -0.4 is 5.32 Å². The van der Waals surface area contributed by atoms with Crippen LogP contribution in [0.3, 0.4) is 0 Å². The fourth-order valence-electron chi connectivity index (χ4n) is 3.05. The van der Waals surface area contributed by atoms with E-state index in [0.29, 0.717) is 12.2 Å². The summed E-state index contributed by atoms with van der Waals surface area (Å²) in [5.74, 6) is -0.263. The Morgan fingerprint density at radius 2 is 1.88 bits per heavy atom. The zero-order chi connectivity index (χ0) is 17.4. The molecule has 6 heteroatoms. The van der Waals surface area contributed by atoms with E-state index in [1.54, 1.807) is 0 Å². The quantitative estimate of drug-likeness (QED) is 0.572. The molecule has 1 aliphatic carbocycles. The molecule has 1 heterocycles. The first-order chi connectivity index (χ1) is 12.1. The molecular formula is C19H16N2O4. The van der Waals surface area contributed by atoms with Gasteiger partial charge in [0.25, 0.3) is 0 Å². The van der Waals surface area contributed by atoms with Crippen molar-refractivity contribution in [2.45, 2.75) is 18.5 Å². The highest BCUT2D eigenvalue weighted by atomic mass is 16.6. The van der Waals surface area contributed by atoms with Gasteiger partial charge in [0, 0.05) is 16.7 Å². The first-order valence-electron chi connectivity index (χ1n) is 8.11. The summed E-state index contributed by atoms with van der Waals surface area (Å²) in [6.07, 6.45) is 0.292. The van der Waals surface area contributed by atoms with Gasteiger partial charge < -0.3 is 9.73 Å². The number of para-hydroxylation sites is 1. The molecule has 25 heavy (non-hydrogen) atoms. The zero-order valence-electron chi connectivity index (χ0n) is 13.3. The topological polar surface area (TPSA) is 85.4 Å². The van der Waals surface area contributed by atoms with Gasteiger partial charge in [-0.15, -0.1) is 0 Å². The van der Waals surface area contributed by atoms with Gasteiger partial charge in [-0.2, -0.15) is 0 Å². The molecule has 0 saturated heterocycles. The summed E-state index contributed by atoms with van der Waals surface area (Å²) >= 11 is 0. The highest BCUT2D eigenvalue weighted by Crippen LogP contribution is 2.35. The van der Waals surface area contributed by atoms with Gasteiger partial charge in [-0.05, 0) is 17.7 Å². The predicted octanol–water partition coefficient (Wildman–Crippen LogP) is 3.30. The number of benzene rings is 2. The molecule has 1 N–H and O–H groups in total. The third kappa shape index (κ3) is 2.98. The van der Waals surface area contributed by atoms with Gasteiger partial charge in [-0.1, -0.05) is 48.5 Å². The molecule has 3 aromatic rings. The minimum Gasteiger partial charge on any atom is -0.459 e. The van der Waals surface area contributed by atoms with Crippen molar-refractivity contribution in [2.75, 3.05) is 0 Å². The fourth-order valence-corrected chi connectivity index (χ4v) is 3.05. The third-order valence-corrected chi connectivity index (χ3v) is 4.51. The first-order valence-corrected chi connectivity index (χ1v) is 8.11. The molecule has 0 unspecified atom stereocenters. The number of nitro groups is 1. The number of carbonyl (C=O) groups is 1. The second kappa shape index (κ2) is 6.05. The smallest absolute Gasteiger partial charge is 0.231 e. The van der Waals surface area contributed by atoms with Gasteiger partial charge >= 0.3 is 0 Å². The summed E-state index contributed by atoms with van der Waals surface area (Å²) < 4.78 is 5.91. The van der Waals surface area contributed by atoms with Gasteiger partial charge in [0.2, 0.25) is 11.9 Å². The van der Waals surface area contributed by atoms with Gasteiger partial charge in [0.05, 0.1) is 0 Å². The minimum atomic E-state index is -0.771. The van der Waals surface area contributed by atoms with Crippen molar-refractivity contribution in [1.82, 2.24) is 5.32 Å². The molecule has 6 nitrogen and oxygen atoms in total. The molecule has 4 rings (SSSR count). The summed E-state index contributed by atoms with van der Waals surface area (Å²) in [4.78, 5) is 22.9. The number of nitrogens with zero attached hydrogens (tertiary/aromatic N) is 1.